The van der Waals surface area contributed by atoms with Crippen LogP contribution >= 0.6 is 0 Å². The largest absolute Gasteiger partial charge is 0.359 e. The highest BCUT2D eigenvalue weighted by Gasteiger charge is 2.52. The quantitative estimate of drug-likeness (QED) is 0.762. The standard InChI is InChI=1S/C22H25N3O3/c1-15-9-5-7-13-18(15)23-20(26)22(28)17-12-6-8-14-19(17)24-21(27)25(22)16-10-3-2-4-11-16/h2-4,6,8,10-12,14-15,18,28H,5,7,9,13H2,1H3,(H,23,26)(H,24,27)/t15-,18-,22+/m0/s1. The Morgan fingerprint density at radius 3 is 2.54 bits per heavy atom. The highest BCUT2D eigenvalue weighted by atomic mass is 16.3. The summed E-state index contributed by atoms with van der Waals surface area (Å²) in [6.45, 7) is 2.12. The van der Waals surface area contributed by atoms with Crippen LogP contribution in [-0.2, 0) is 10.5 Å². The van der Waals surface area contributed by atoms with Crippen molar-refractivity contribution in [1.82, 2.24) is 5.32 Å². The Balaban J connectivity index is 1.78. The van der Waals surface area contributed by atoms with E-state index in [1.807, 2.05) is 6.07 Å². The van der Waals surface area contributed by atoms with Crippen LogP contribution in [0.3, 0.4) is 0 Å². The minimum absolute atomic E-state index is 0.0138. The molecule has 6 heteroatoms. The van der Waals surface area contributed by atoms with Crippen molar-refractivity contribution >= 4 is 23.3 Å². The van der Waals surface area contributed by atoms with Crippen molar-refractivity contribution in [2.45, 2.75) is 44.4 Å². The number of benzene rings is 2. The van der Waals surface area contributed by atoms with Gasteiger partial charge in [-0.25, -0.2) is 4.79 Å². The van der Waals surface area contributed by atoms with Gasteiger partial charge >= 0.3 is 6.03 Å². The minimum atomic E-state index is -2.13. The first-order chi connectivity index (χ1) is 13.5. The average Bonchev–Trinajstić information content (AvgIpc) is 2.70. The summed E-state index contributed by atoms with van der Waals surface area (Å²) in [6.07, 6.45) is 4.12. The van der Waals surface area contributed by atoms with Gasteiger partial charge < -0.3 is 15.7 Å². The summed E-state index contributed by atoms with van der Waals surface area (Å²) < 4.78 is 0. The molecule has 0 saturated heterocycles. The number of hydrogen-bond acceptors (Lipinski definition) is 3. The summed E-state index contributed by atoms with van der Waals surface area (Å²) in [5.74, 6) is -0.239. The first-order valence-corrected chi connectivity index (χ1v) is 9.81. The Hall–Kier alpha value is -2.86. The maximum Gasteiger partial charge on any atom is 0.329 e. The zero-order valence-electron chi connectivity index (χ0n) is 15.9. The Labute approximate surface area is 164 Å². The molecule has 1 heterocycles. The molecule has 0 unspecified atom stereocenters. The first-order valence-electron chi connectivity index (χ1n) is 9.81. The third kappa shape index (κ3) is 3.03. The Morgan fingerprint density at radius 2 is 1.79 bits per heavy atom. The molecule has 0 bridgehead atoms. The van der Waals surface area contributed by atoms with E-state index in [0.717, 1.165) is 30.6 Å². The Kier molecular flexibility index (Phi) is 4.81. The van der Waals surface area contributed by atoms with Crippen LogP contribution in [0.5, 0.6) is 0 Å². The van der Waals surface area contributed by atoms with Crippen LogP contribution < -0.4 is 15.5 Å². The van der Waals surface area contributed by atoms with Crippen LogP contribution in [-0.4, -0.2) is 23.1 Å². The fourth-order valence-corrected chi connectivity index (χ4v) is 4.24. The fourth-order valence-electron chi connectivity index (χ4n) is 4.24. The van der Waals surface area contributed by atoms with Gasteiger partial charge in [0.15, 0.2) is 0 Å². The number of rotatable bonds is 3. The third-order valence-corrected chi connectivity index (χ3v) is 5.83. The number of para-hydroxylation sites is 2. The van der Waals surface area contributed by atoms with E-state index in [0.29, 0.717) is 22.9 Å². The van der Waals surface area contributed by atoms with Gasteiger partial charge in [-0.05, 0) is 37.0 Å². The molecule has 4 rings (SSSR count). The summed E-state index contributed by atoms with van der Waals surface area (Å²) in [5, 5.41) is 17.6. The van der Waals surface area contributed by atoms with Gasteiger partial charge in [0.2, 0.25) is 0 Å². The fraction of sp³-hybridized carbons (Fsp3) is 0.364. The molecule has 3 N–H and O–H groups in total. The van der Waals surface area contributed by atoms with Crippen LogP contribution in [0, 0.1) is 5.92 Å². The zero-order chi connectivity index (χ0) is 19.7. The van der Waals surface area contributed by atoms with Gasteiger partial charge in [-0.2, -0.15) is 0 Å². The van der Waals surface area contributed by atoms with E-state index in [9.17, 15) is 14.7 Å². The number of hydrogen-bond donors (Lipinski definition) is 3. The summed E-state index contributed by atoms with van der Waals surface area (Å²) in [4.78, 5) is 27.5. The van der Waals surface area contributed by atoms with Crippen molar-refractivity contribution < 1.29 is 14.7 Å². The van der Waals surface area contributed by atoms with Gasteiger partial charge in [-0.15, -0.1) is 0 Å². The number of carbonyl (C=O) groups is 2. The topological polar surface area (TPSA) is 81.7 Å². The summed E-state index contributed by atoms with van der Waals surface area (Å²) in [5.41, 5.74) is -0.880. The molecule has 146 valence electrons. The second-order valence-electron chi connectivity index (χ2n) is 7.66. The van der Waals surface area contributed by atoms with Crippen molar-refractivity contribution in [3.63, 3.8) is 0 Å². The highest BCUT2D eigenvalue weighted by molar-refractivity contribution is 6.11. The van der Waals surface area contributed by atoms with Gasteiger partial charge in [0.25, 0.3) is 11.6 Å². The summed E-state index contributed by atoms with van der Waals surface area (Å²) in [6, 6.07) is 15.1. The van der Waals surface area contributed by atoms with Crippen molar-refractivity contribution in [3.05, 3.63) is 60.2 Å². The van der Waals surface area contributed by atoms with E-state index in [4.69, 9.17) is 0 Å². The molecule has 28 heavy (non-hydrogen) atoms. The van der Waals surface area contributed by atoms with E-state index in [1.165, 1.54) is 0 Å². The van der Waals surface area contributed by atoms with Crippen molar-refractivity contribution in [2.24, 2.45) is 5.92 Å². The third-order valence-electron chi connectivity index (χ3n) is 5.83. The zero-order valence-corrected chi connectivity index (χ0v) is 15.9. The second kappa shape index (κ2) is 7.28. The smallest absolute Gasteiger partial charge is 0.329 e. The normalized spacial score (nSPS) is 26.9. The van der Waals surface area contributed by atoms with Gasteiger partial charge in [0.1, 0.15) is 0 Å². The molecule has 1 aliphatic carbocycles. The molecular formula is C22H25N3O3. The van der Waals surface area contributed by atoms with Gasteiger partial charge in [-0.3, -0.25) is 9.69 Å². The minimum Gasteiger partial charge on any atom is -0.359 e. The molecule has 1 fully saturated rings. The lowest BCUT2D eigenvalue weighted by Gasteiger charge is -2.43. The molecule has 0 aromatic heterocycles. The number of aliphatic hydroxyl groups is 1. The molecule has 0 spiro atoms. The predicted molar refractivity (Wildman–Crippen MR) is 108 cm³/mol. The number of fused-ring (bicyclic) bond motifs is 1. The maximum atomic E-state index is 13.4. The number of anilines is 2. The van der Waals surface area contributed by atoms with Crippen LogP contribution in [0.15, 0.2) is 54.6 Å². The second-order valence-corrected chi connectivity index (χ2v) is 7.66. The van der Waals surface area contributed by atoms with E-state index in [2.05, 4.69) is 17.6 Å². The molecular weight excluding hydrogens is 354 g/mol. The first kappa shape index (κ1) is 18.5. The van der Waals surface area contributed by atoms with E-state index >= 15 is 0 Å². The van der Waals surface area contributed by atoms with Crippen LogP contribution in [0.1, 0.15) is 38.2 Å². The summed E-state index contributed by atoms with van der Waals surface area (Å²) in [7, 11) is 0. The predicted octanol–water partition coefficient (Wildman–Crippen LogP) is 3.58. The lowest BCUT2D eigenvalue weighted by Crippen LogP contribution is -2.64. The van der Waals surface area contributed by atoms with Gasteiger partial charge in [-0.1, -0.05) is 56.2 Å². The molecule has 3 amide bonds. The molecule has 2 aromatic rings. The van der Waals surface area contributed by atoms with Crippen LogP contribution in [0.4, 0.5) is 16.2 Å². The summed E-state index contributed by atoms with van der Waals surface area (Å²) >= 11 is 0. The molecule has 6 nitrogen and oxygen atoms in total. The van der Waals surface area contributed by atoms with E-state index in [1.54, 1.807) is 48.5 Å². The number of nitrogens with zero attached hydrogens (tertiary/aromatic N) is 1. The van der Waals surface area contributed by atoms with Gasteiger partial charge in [0, 0.05) is 17.3 Å². The Morgan fingerprint density at radius 1 is 1.11 bits per heavy atom. The van der Waals surface area contributed by atoms with Crippen molar-refractivity contribution in [3.8, 4) is 0 Å². The SMILES string of the molecule is C[C@H]1CCCC[C@@H]1NC(=O)[C@]1(O)c2ccccc2NC(=O)N1c1ccccc1. The van der Waals surface area contributed by atoms with Crippen LogP contribution in [0.25, 0.3) is 0 Å². The monoisotopic (exact) mass is 379 g/mol. The number of amides is 3. The van der Waals surface area contributed by atoms with Crippen molar-refractivity contribution in [2.75, 3.05) is 10.2 Å². The molecule has 1 aliphatic heterocycles. The molecule has 2 aromatic carbocycles. The number of carbonyl (C=O) groups excluding carboxylic acids is 2. The molecule has 0 radical (unpaired) electrons. The average molecular weight is 379 g/mol. The molecule has 2 aliphatic rings. The van der Waals surface area contributed by atoms with E-state index < -0.39 is 17.7 Å². The lowest BCUT2D eigenvalue weighted by molar-refractivity contribution is -0.141. The Bertz CT molecular complexity index is 886. The lowest BCUT2D eigenvalue weighted by atomic mass is 9.85. The van der Waals surface area contributed by atoms with E-state index in [-0.39, 0.29) is 6.04 Å². The molecule has 1 saturated carbocycles. The van der Waals surface area contributed by atoms with Crippen LogP contribution in [0.2, 0.25) is 0 Å². The maximum absolute atomic E-state index is 13.4. The number of urea groups is 1. The van der Waals surface area contributed by atoms with Gasteiger partial charge in [0.05, 0.1) is 5.69 Å². The highest BCUT2D eigenvalue weighted by Crippen LogP contribution is 2.40. The molecule has 3 atom stereocenters. The van der Waals surface area contributed by atoms with Crippen molar-refractivity contribution in [1.29, 1.82) is 0 Å². The number of nitrogens with one attached hydrogen (secondary N) is 2.